The molecule has 0 aromatic heterocycles. The highest BCUT2D eigenvalue weighted by atomic mass is 32.2. The second-order valence-corrected chi connectivity index (χ2v) is 11.4. The van der Waals surface area contributed by atoms with Crippen molar-refractivity contribution < 1.29 is 18.3 Å². The van der Waals surface area contributed by atoms with Crippen molar-refractivity contribution >= 4 is 32.3 Å². The Bertz CT molecular complexity index is 1220. The molecule has 0 bridgehead atoms. The van der Waals surface area contributed by atoms with Gasteiger partial charge in [0.15, 0.2) is 9.84 Å². The van der Waals surface area contributed by atoms with Crippen LogP contribution in [0.3, 0.4) is 0 Å². The van der Waals surface area contributed by atoms with Crippen molar-refractivity contribution in [3.05, 3.63) is 76.9 Å². The highest BCUT2D eigenvalue weighted by Crippen LogP contribution is 2.27. The molecule has 0 aliphatic heterocycles. The van der Waals surface area contributed by atoms with E-state index in [4.69, 9.17) is 5.11 Å². The number of carboxylic acids is 1. The van der Waals surface area contributed by atoms with Gasteiger partial charge in [-0.05, 0) is 78.6 Å². The number of benzene rings is 2. The molecule has 2 aromatic rings. The normalized spacial score (nSPS) is 15.0. The third-order valence-electron chi connectivity index (χ3n) is 6.16. The highest BCUT2D eigenvalue weighted by Gasteiger charge is 2.17. The van der Waals surface area contributed by atoms with Crippen LogP contribution in [0.25, 0.3) is 10.8 Å². The second kappa shape index (κ2) is 15.4. The van der Waals surface area contributed by atoms with Gasteiger partial charge in [-0.3, -0.25) is 0 Å². The van der Waals surface area contributed by atoms with Gasteiger partial charge < -0.3 is 10.4 Å². The van der Waals surface area contributed by atoms with Gasteiger partial charge in [-0.2, -0.15) is 0 Å². The van der Waals surface area contributed by atoms with Crippen LogP contribution in [0.4, 0.5) is 5.69 Å². The third kappa shape index (κ3) is 10.2. The molecule has 0 amide bonds. The molecular formula is C31H45NO4S. The van der Waals surface area contributed by atoms with Crippen LogP contribution in [-0.2, 0) is 9.84 Å². The number of rotatable bonds is 9. The number of anilines is 1. The molecule has 2 aromatic carbocycles. The predicted molar refractivity (Wildman–Crippen MR) is 159 cm³/mol. The summed E-state index contributed by atoms with van der Waals surface area (Å²) in [5.41, 5.74) is 3.27. The smallest absolute Gasteiger partial charge is 0.335 e. The summed E-state index contributed by atoms with van der Waals surface area (Å²) in [5.74, 6) is 0.0648. The van der Waals surface area contributed by atoms with E-state index in [0.717, 1.165) is 59.8 Å². The lowest BCUT2D eigenvalue weighted by atomic mass is 9.95. The molecule has 6 heteroatoms. The van der Waals surface area contributed by atoms with Gasteiger partial charge in [0.1, 0.15) is 0 Å². The van der Waals surface area contributed by atoms with Gasteiger partial charge in [-0.1, -0.05) is 78.3 Å². The number of aromatic carboxylic acids is 1. The summed E-state index contributed by atoms with van der Waals surface area (Å²) in [6, 6.07) is 11.2. The van der Waals surface area contributed by atoms with Gasteiger partial charge in [-0.15, -0.1) is 0 Å². The van der Waals surface area contributed by atoms with Gasteiger partial charge in [0.25, 0.3) is 0 Å². The minimum Gasteiger partial charge on any atom is -0.478 e. The quantitative estimate of drug-likeness (QED) is 0.341. The maximum Gasteiger partial charge on any atom is 0.335 e. The maximum atomic E-state index is 11.2. The molecule has 37 heavy (non-hydrogen) atoms. The molecule has 1 aliphatic carbocycles. The van der Waals surface area contributed by atoms with E-state index in [9.17, 15) is 13.2 Å². The fourth-order valence-electron chi connectivity index (χ4n) is 4.41. The standard InChI is InChI=1S/C20H25NO2.C9H14O2S.C2H6/c1-4-6-15(7-5-2)14(3)21-19-11-10-16-12-18(20(22)23)9-8-17(16)13-19;1-7-4-5-9(8(2)6-7)12(3,10)11;1-2/h8-13,15,21H,3-7H2,1-2H3,(H,22,23);5-7H,4H2,1-3H3;1-2H3. The van der Waals surface area contributed by atoms with Crippen LogP contribution in [0.15, 0.2) is 71.3 Å². The fourth-order valence-corrected chi connectivity index (χ4v) is 5.46. The van der Waals surface area contributed by atoms with Crippen molar-refractivity contribution in [2.75, 3.05) is 11.6 Å². The average molecular weight is 528 g/mol. The van der Waals surface area contributed by atoms with E-state index in [2.05, 4.69) is 32.7 Å². The first-order valence-electron chi connectivity index (χ1n) is 13.3. The zero-order valence-corrected chi connectivity index (χ0v) is 24.4. The average Bonchev–Trinajstić information content (AvgIpc) is 2.84. The second-order valence-electron chi connectivity index (χ2n) is 9.41. The first-order chi connectivity index (χ1) is 17.5. The zero-order chi connectivity index (χ0) is 28.2. The van der Waals surface area contributed by atoms with Crippen LogP contribution in [-0.4, -0.2) is 25.7 Å². The van der Waals surface area contributed by atoms with Gasteiger partial charge in [0.05, 0.1) is 10.5 Å². The number of nitrogens with one attached hydrogen (secondary N) is 1. The maximum absolute atomic E-state index is 11.2. The Morgan fingerprint density at radius 1 is 1.08 bits per heavy atom. The van der Waals surface area contributed by atoms with E-state index in [1.807, 2.05) is 57.2 Å². The number of carbonyl (C=O) groups is 1. The molecule has 3 rings (SSSR count). The van der Waals surface area contributed by atoms with Crippen LogP contribution in [0.1, 0.15) is 84.0 Å². The van der Waals surface area contributed by atoms with E-state index in [1.54, 1.807) is 12.1 Å². The van der Waals surface area contributed by atoms with Crippen LogP contribution in [0.5, 0.6) is 0 Å². The third-order valence-corrected chi connectivity index (χ3v) is 7.44. The molecule has 0 saturated heterocycles. The summed E-state index contributed by atoms with van der Waals surface area (Å²) in [7, 11) is -3.01. The zero-order valence-electron chi connectivity index (χ0n) is 23.6. The van der Waals surface area contributed by atoms with Crippen molar-refractivity contribution in [3.63, 3.8) is 0 Å². The molecule has 204 valence electrons. The first kappa shape index (κ1) is 32.2. The summed E-state index contributed by atoms with van der Waals surface area (Å²) in [6.45, 7) is 16.5. The molecule has 0 fully saturated rings. The number of allylic oxidation sites excluding steroid dienone is 4. The van der Waals surface area contributed by atoms with E-state index >= 15 is 0 Å². The molecule has 5 nitrogen and oxygen atoms in total. The molecule has 0 spiro atoms. The minimum absolute atomic E-state index is 0.313. The molecule has 1 aliphatic rings. The van der Waals surface area contributed by atoms with E-state index in [0.29, 0.717) is 22.3 Å². The van der Waals surface area contributed by atoms with Gasteiger partial charge in [0, 0.05) is 17.6 Å². The van der Waals surface area contributed by atoms with Gasteiger partial charge >= 0.3 is 5.97 Å². The molecule has 1 atom stereocenters. The Labute approximate surface area is 224 Å². The fraction of sp³-hybridized carbons (Fsp3) is 0.452. The number of hydrogen-bond acceptors (Lipinski definition) is 4. The summed E-state index contributed by atoms with van der Waals surface area (Å²) < 4.78 is 22.4. The van der Waals surface area contributed by atoms with Gasteiger partial charge in [-0.25, -0.2) is 13.2 Å². The Kier molecular flexibility index (Phi) is 13.4. The molecule has 0 saturated carbocycles. The minimum atomic E-state index is -3.01. The predicted octanol–water partition coefficient (Wildman–Crippen LogP) is 8.61. The SMILES string of the molecule is C=C(Nc1ccc2cc(C(=O)O)ccc2c1)C(CCC)CCC.CC.CC1=CC(C)CC=C1S(C)(=O)=O. The lowest BCUT2D eigenvalue weighted by Crippen LogP contribution is -2.11. The Balaban J connectivity index is 0.000000411. The van der Waals surface area contributed by atoms with Crippen molar-refractivity contribution in [1.82, 2.24) is 0 Å². The summed E-state index contributed by atoms with van der Waals surface area (Å²) >= 11 is 0. The summed E-state index contributed by atoms with van der Waals surface area (Å²) in [4.78, 5) is 11.5. The number of fused-ring (bicyclic) bond motifs is 1. The number of hydrogen-bond donors (Lipinski definition) is 2. The van der Waals surface area contributed by atoms with Crippen molar-refractivity contribution in [2.24, 2.45) is 11.8 Å². The van der Waals surface area contributed by atoms with Crippen LogP contribution in [0, 0.1) is 11.8 Å². The van der Waals surface area contributed by atoms with Crippen LogP contribution < -0.4 is 5.32 Å². The molecule has 2 N–H and O–H groups in total. The van der Waals surface area contributed by atoms with Gasteiger partial charge in [0.2, 0.25) is 0 Å². The molecular weight excluding hydrogens is 482 g/mol. The molecule has 0 radical (unpaired) electrons. The molecule has 1 unspecified atom stereocenters. The van der Waals surface area contributed by atoms with E-state index < -0.39 is 15.8 Å². The van der Waals surface area contributed by atoms with Crippen molar-refractivity contribution in [3.8, 4) is 0 Å². The summed E-state index contributed by atoms with van der Waals surface area (Å²) in [5, 5.41) is 14.4. The largest absolute Gasteiger partial charge is 0.478 e. The Hall–Kier alpha value is -2.86. The summed E-state index contributed by atoms with van der Waals surface area (Å²) in [6.07, 6.45) is 10.5. The van der Waals surface area contributed by atoms with Crippen molar-refractivity contribution in [2.45, 2.75) is 73.6 Å². The van der Waals surface area contributed by atoms with Crippen molar-refractivity contribution in [1.29, 1.82) is 0 Å². The lowest BCUT2D eigenvalue weighted by molar-refractivity contribution is 0.0697. The van der Waals surface area contributed by atoms with E-state index in [1.165, 1.54) is 6.26 Å². The highest BCUT2D eigenvalue weighted by molar-refractivity contribution is 7.94. The lowest BCUT2D eigenvalue weighted by Gasteiger charge is -2.20. The monoisotopic (exact) mass is 527 g/mol. The van der Waals surface area contributed by atoms with Crippen LogP contribution >= 0.6 is 0 Å². The van der Waals surface area contributed by atoms with E-state index in [-0.39, 0.29) is 0 Å². The topological polar surface area (TPSA) is 83.5 Å². The molecule has 0 heterocycles. The first-order valence-corrected chi connectivity index (χ1v) is 15.2. The number of sulfone groups is 1. The number of carboxylic acid groups (broad SMARTS) is 1. The Morgan fingerprint density at radius 3 is 2.16 bits per heavy atom. The Morgan fingerprint density at radius 2 is 1.65 bits per heavy atom. The van der Waals surface area contributed by atoms with Crippen LogP contribution in [0.2, 0.25) is 0 Å².